The Hall–Kier alpha value is -1.65. The third-order valence-corrected chi connectivity index (χ3v) is 3.70. The Balaban J connectivity index is 2.67. The third kappa shape index (κ3) is 9.48. The summed E-state index contributed by atoms with van der Waals surface area (Å²) in [5, 5.41) is 20.1. The summed E-state index contributed by atoms with van der Waals surface area (Å²) in [5.74, 6) is -0.292. The minimum Gasteiger partial charge on any atom is -0.459 e. The minimum absolute atomic E-state index is 0.292. The van der Waals surface area contributed by atoms with Gasteiger partial charge in [-0.1, -0.05) is 55.5 Å². The van der Waals surface area contributed by atoms with E-state index in [0.717, 1.165) is 19.3 Å². The number of carbonyl (C=O) groups is 1. The normalized spacial score (nSPS) is 29.6. The van der Waals surface area contributed by atoms with Crippen molar-refractivity contribution in [2.45, 2.75) is 70.2 Å². The van der Waals surface area contributed by atoms with Crippen molar-refractivity contribution in [2.24, 2.45) is 0 Å². The van der Waals surface area contributed by atoms with Gasteiger partial charge in [-0.15, -0.1) is 0 Å². The van der Waals surface area contributed by atoms with Crippen LogP contribution in [0.4, 0.5) is 0 Å². The number of ether oxygens (including phenoxy) is 1. The minimum atomic E-state index is -0.927. The zero-order chi connectivity index (χ0) is 17.6. The number of esters is 1. The summed E-state index contributed by atoms with van der Waals surface area (Å²) >= 11 is 0. The van der Waals surface area contributed by atoms with Gasteiger partial charge in [0.25, 0.3) is 0 Å². The highest BCUT2D eigenvalue weighted by Crippen LogP contribution is 2.13. The number of cyclic esters (lactones) is 1. The number of rotatable bonds is 5. The van der Waals surface area contributed by atoms with Gasteiger partial charge in [-0.25, -0.2) is 0 Å². The lowest BCUT2D eigenvalue weighted by molar-refractivity contribution is -0.153. The van der Waals surface area contributed by atoms with Crippen LogP contribution in [0.5, 0.6) is 0 Å². The lowest BCUT2D eigenvalue weighted by Crippen LogP contribution is -2.29. The molecule has 4 nitrogen and oxygen atoms in total. The van der Waals surface area contributed by atoms with Crippen LogP contribution in [-0.4, -0.2) is 34.5 Å². The molecule has 0 aromatic carbocycles. The molecule has 1 rings (SSSR count). The molecule has 1 heterocycles. The maximum Gasteiger partial charge on any atom is 0.306 e. The van der Waals surface area contributed by atoms with Crippen molar-refractivity contribution in [3.63, 3.8) is 0 Å². The maximum absolute atomic E-state index is 11.9. The van der Waals surface area contributed by atoms with Crippen LogP contribution >= 0.6 is 0 Å². The fraction of sp³-hybridized carbons (Fsp3) is 0.550. The van der Waals surface area contributed by atoms with Gasteiger partial charge in [0.1, 0.15) is 12.2 Å². The number of carbonyl (C=O) groups excluding carboxylic acids is 1. The fourth-order valence-electron chi connectivity index (χ4n) is 2.32. The van der Waals surface area contributed by atoms with Gasteiger partial charge in [-0.05, 0) is 32.1 Å². The molecule has 0 unspecified atom stereocenters. The molecule has 0 aliphatic carbocycles. The van der Waals surface area contributed by atoms with Crippen molar-refractivity contribution in [2.75, 3.05) is 0 Å². The van der Waals surface area contributed by atoms with Crippen LogP contribution in [0.2, 0.25) is 0 Å². The Morgan fingerprint density at radius 2 is 1.96 bits per heavy atom. The van der Waals surface area contributed by atoms with E-state index in [4.69, 9.17) is 4.74 Å². The van der Waals surface area contributed by atoms with Crippen molar-refractivity contribution in [1.82, 2.24) is 0 Å². The van der Waals surface area contributed by atoms with Crippen molar-refractivity contribution in [3.05, 3.63) is 48.6 Å². The number of hydrogen-bond donors (Lipinski definition) is 2. The molecule has 0 aromatic heterocycles. The van der Waals surface area contributed by atoms with Crippen LogP contribution in [0.3, 0.4) is 0 Å². The summed E-state index contributed by atoms with van der Waals surface area (Å²) in [6.07, 6.45) is 17.4. The quantitative estimate of drug-likeness (QED) is 0.595. The van der Waals surface area contributed by atoms with Gasteiger partial charge in [0, 0.05) is 12.8 Å². The molecule has 1 aliphatic heterocycles. The first kappa shape index (κ1) is 20.4. The fourth-order valence-corrected chi connectivity index (χ4v) is 2.32. The van der Waals surface area contributed by atoms with Gasteiger partial charge in [0.15, 0.2) is 0 Å². The lowest BCUT2D eigenvalue weighted by Gasteiger charge is -2.20. The molecular weight excluding hydrogens is 304 g/mol. The first-order valence-electron chi connectivity index (χ1n) is 8.82. The van der Waals surface area contributed by atoms with E-state index in [1.807, 2.05) is 24.3 Å². The molecular formula is C20H30O4. The van der Waals surface area contributed by atoms with Gasteiger partial charge < -0.3 is 14.9 Å². The standard InChI is InChI=1S/C20H30O4/c1-2-3-4-5-6-10-13-19-18(22)16-15-17(21)12-9-7-8-11-14-20(23)24-19/h3-4,6-7,9-10,15-19,21-22H,2,5,8,11-14H2,1H3/b4-3-,9-7-,10-6-,16-15+/t17-,18+,19-/m0/s1. The molecule has 0 radical (unpaired) electrons. The van der Waals surface area contributed by atoms with Gasteiger partial charge in [-0.2, -0.15) is 0 Å². The zero-order valence-electron chi connectivity index (χ0n) is 14.5. The van der Waals surface area contributed by atoms with Crippen LogP contribution < -0.4 is 0 Å². The largest absolute Gasteiger partial charge is 0.459 e. The molecule has 0 fully saturated rings. The van der Waals surface area contributed by atoms with Crippen LogP contribution in [0.25, 0.3) is 0 Å². The van der Waals surface area contributed by atoms with E-state index < -0.39 is 18.3 Å². The van der Waals surface area contributed by atoms with Crippen LogP contribution in [0.15, 0.2) is 48.6 Å². The molecule has 134 valence electrons. The SMILES string of the molecule is CC/C=C\C/C=C\C[C@@H]1OC(=O)CCC/C=C\C[C@H](O)/C=C/[C@H]1O. The Labute approximate surface area is 145 Å². The number of aliphatic hydroxyl groups is 2. The average molecular weight is 334 g/mol. The van der Waals surface area contributed by atoms with Crippen molar-refractivity contribution >= 4 is 5.97 Å². The molecule has 3 atom stereocenters. The number of allylic oxidation sites excluding steroid dienone is 4. The molecule has 0 bridgehead atoms. The number of hydrogen-bond acceptors (Lipinski definition) is 4. The van der Waals surface area contributed by atoms with Crippen LogP contribution in [0, 0.1) is 0 Å². The van der Waals surface area contributed by atoms with E-state index in [9.17, 15) is 15.0 Å². The highest BCUT2D eigenvalue weighted by molar-refractivity contribution is 5.69. The molecule has 0 saturated carbocycles. The lowest BCUT2D eigenvalue weighted by atomic mass is 10.1. The molecule has 24 heavy (non-hydrogen) atoms. The van der Waals surface area contributed by atoms with Crippen LogP contribution in [-0.2, 0) is 9.53 Å². The average Bonchev–Trinajstić information content (AvgIpc) is 2.58. The summed E-state index contributed by atoms with van der Waals surface area (Å²) in [6.45, 7) is 2.08. The summed E-state index contributed by atoms with van der Waals surface area (Å²) in [5.41, 5.74) is 0. The zero-order valence-corrected chi connectivity index (χ0v) is 14.5. The van der Waals surface area contributed by atoms with Gasteiger partial charge >= 0.3 is 5.97 Å². The monoisotopic (exact) mass is 334 g/mol. The molecule has 0 saturated heterocycles. The second kappa shape index (κ2) is 12.7. The Kier molecular flexibility index (Phi) is 10.8. The van der Waals surface area contributed by atoms with Gasteiger partial charge in [0.2, 0.25) is 0 Å². The number of aliphatic hydroxyl groups excluding tert-OH is 2. The first-order valence-corrected chi connectivity index (χ1v) is 8.82. The molecule has 0 spiro atoms. The highest BCUT2D eigenvalue weighted by atomic mass is 16.6. The topological polar surface area (TPSA) is 66.8 Å². The van der Waals surface area contributed by atoms with E-state index in [2.05, 4.69) is 19.1 Å². The smallest absolute Gasteiger partial charge is 0.306 e. The van der Waals surface area contributed by atoms with Crippen molar-refractivity contribution < 1.29 is 19.7 Å². The summed E-state index contributed by atoms with van der Waals surface area (Å²) < 4.78 is 5.42. The van der Waals surface area contributed by atoms with Gasteiger partial charge in [0.05, 0.1) is 6.10 Å². The van der Waals surface area contributed by atoms with Crippen LogP contribution in [0.1, 0.15) is 51.9 Å². The highest BCUT2D eigenvalue weighted by Gasteiger charge is 2.20. The predicted molar refractivity (Wildman–Crippen MR) is 96.4 cm³/mol. The second-order valence-corrected chi connectivity index (χ2v) is 5.89. The Morgan fingerprint density at radius 1 is 1.17 bits per heavy atom. The maximum atomic E-state index is 11.9. The summed E-state index contributed by atoms with van der Waals surface area (Å²) in [7, 11) is 0. The molecule has 2 N–H and O–H groups in total. The van der Waals surface area contributed by atoms with E-state index in [1.165, 1.54) is 6.08 Å². The molecule has 0 aromatic rings. The molecule has 0 amide bonds. The predicted octanol–water partition coefficient (Wildman–Crippen LogP) is 3.61. The molecule has 1 aliphatic rings. The molecule has 4 heteroatoms. The summed E-state index contributed by atoms with van der Waals surface area (Å²) in [6, 6.07) is 0. The van der Waals surface area contributed by atoms with E-state index in [0.29, 0.717) is 25.7 Å². The first-order chi connectivity index (χ1) is 11.6. The Bertz CT molecular complexity index is 462. The second-order valence-electron chi connectivity index (χ2n) is 5.89. The van der Waals surface area contributed by atoms with E-state index >= 15 is 0 Å². The van der Waals surface area contributed by atoms with Gasteiger partial charge in [-0.3, -0.25) is 4.79 Å². The van der Waals surface area contributed by atoms with E-state index in [1.54, 1.807) is 6.08 Å². The van der Waals surface area contributed by atoms with Crippen molar-refractivity contribution in [1.29, 1.82) is 0 Å². The Morgan fingerprint density at radius 3 is 2.75 bits per heavy atom. The summed E-state index contributed by atoms with van der Waals surface area (Å²) in [4.78, 5) is 11.9. The third-order valence-electron chi connectivity index (χ3n) is 3.70. The van der Waals surface area contributed by atoms with E-state index in [-0.39, 0.29) is 5.97 Å². The van der Waals surface area contributed by atoms with Crippen molar-refractivity contribution in [3.8, 4) is 0 Å².